The largest absolute Gasteiger partial charge is 0.480 e. The number of carbonyl (C=O) groups excluding carboxylic acids is 3. The molecule has 3 amide bonds. The lowest BCUT2D eigenvalue weighted by Gasteiger charge is -2.23. The summed E-state index contributed by atoms with van der Waals surface area (Å²) in [6.45, 7) is 1.80. The normalized spacial score (nSPS) is 16.0. The van der Waals surface area contributed by atoms with Crippen LogP contribution in [0.15, 0.2) is 12.5 Å². The third kappa shape index (κ3) is 7.48. The van der Waals surface area contributed by atoms with Crippen molar-refractivity contribution >= 4 is 23.7 Å². The summed E-state index contributed by atoms with van der Waals surface area (Å²) in [7, 11) is 0. The Kier molecular flexibility index (Phi) is 9.18. The number of carbonyl (C=O) groups is 4. The van der Waals surface area contributed by atoms with Gasteiger partial charge < -0.3 is 42.0 Å². The number of hydrogen-bond acceptors (Lipinski definition) is 8. The summed E-state index contributed by atoms with van der Waals surface area (Å²) in [5.41, 5.74) is 6.09. The lowest BCUT2D eigenvalue weighted by Crippen LogP contribution is -2.58. The van der Waals surface area contributed by atoms with E-state index in [0.717, 1.165) is 0 Å². The third-order valence-electron chi connectivity index (χ3n) is 3.98. The number of aromatic amines is 1. The highest BCUT2D eigenvalue weighted by Gasteiger charge is 2.29. The maximum Gasteiger partial charge on any atom is 0.328 e. The molecule has 5 unspecified atom stereocenters. The molecule has 9 N–H and O–H groups in total. The number of carboxylic acid groups (broad SMARTS) is 1. The number of amides is 3. The van der Waals surface area contributed by atoms with Crippen molar-refractivity contribution in [3.63, 3.8) is 0 Å². The van der Waals surface area contributed by atoms with Crippen LogP contribution in [0, 0.1) is 0 Å². The molecule has 0 aliphatic heterocycles. The highest BCUT2D eigenvalue weighted by molar-refractivity contribution is 5.94. The molecule has 0 radical (unpaired) electrons. The summed E-state index contributed by atoms with van der Waals surface area (Å²) < 4.78 is 0. The van der Waals surface area contributed by atoms with E-state index in [-0.39, 0.29) is 6.42 Å². The van der Waals surface area contributed by atoms with Crippen LogP contribution in [0.4, 0.5) is 0 Å². The number of rotatable bonds is 11. The number of aliphatic carboxylic acids is 1. The van der Waals surface area contributed by atoms with Crippen molar-refractivity contribution in [2.75, 3.05) is 6.61 Å². The number of carboxylic acids is 1. The van der Waals surface area contributed by atoms with E-state index in [9.17, 15) is 24.3 Å². The van der Waals surface area contributed by atoms with Gasteiger partial charge in [0.15, 0.2) is 0 Å². The number of aliphatic hydroxyl groups excluding tert-OH is 2. The van der Waals surface area contributed by atoms with Gasteiger partial charge in [-0.3, -0.25) is 14.4 Å². The van der Waals surface area contributed by atoms with Gasteiger partial charge >= 0.3 is 5.97 Å². The molecule has 0 saturated carbocycles. The molecule has 1 aromatic heterocycles. The number of aromatic nitrogens is 2. The summed E-state index contributed by atoms with van der Waals surface area (Å²) in [6, 6.07) is -5.11. The predicted molar refractivity (Wildman–Crippen MR) is 98.1 cm³/mol. The maximum atomic E-state index is 12.6. The minimum absolute atomic E-state index is 0.00711. The fourth-order valence-electron chi connectivity index (χ4n) is 2.17. The molecule has 0 aromatic carbocycles. The monoisotopic (exact) mass is 414 g/mol. The number of nitrogens with one attached hydrogen (secondary N) is 4. The molecule has 0 spiro atoms. The molecular formula is C16H26N6O7. The Morgan fingerprint density at radius 3 is 2.21 bits per heavy atom. The second kappa shape index (κ2) is 11.1. The van der Waals surface area contributed by atoms with Crippen LogP contribution < -0.4 is 21.7 Å². The van der Waals surface area contributed by atoms with Gasteiger partial charge in [0, 0.05) is 18.3 Å². The minimum Gasteiger partial charge on any atom is -0.480 e. The Balaban J connectivity index is 2.83. The Morgan fingerprint density at radius 2 is 1.72 bits per heavy atom. The molecule has 1 rings (SSSR count). The van der Waals surface area contributed by atoms with Gasteiger partial charge in [-0.05, 0) is 13.8 Å². The van der Waals surface area contributed by atoms with E-state index in [4.69, 9.17) is 15.9 Å². The van der Waals surface area contributed by atoms with Gasteiger partial charge in [0.2, 0.25) is 17.7 Å². The molecule has 1 aromatic rings. The molecule has 0 fully saturated rings. The van der Waals surface area contributed by atoms with Crippen LogP contribution in [-0.2, 0) is 25.6 Å². The molecule has 0 bridgehead atoms. The van der Waals surface area contributed by atoms with Gasteiger partial charge in [0.25, 0.3) is 0 Å². The molecule has 13 nitrogen and oxygen atoms in total. The molecule has 162 valence electrons. The van der Waals surface area contributed by atoms with Gasteiger partial charge in [-0.2, -0.15) is 0 Å². The zero-order valence-corrected chi connectivity index (χ0v) is 16.0. The van der Waals surface area contributed by atoms with E-state index in [1.165, 1.54) is 26.4 Å². The smallest absolute Gasteiger partial charge is 0.328 e. The zero-order chi connectivity index (χ0) is 22.1. The average Bonchev–Trinajstić information content (AvgIpc) is 3.17. The first-order chi connectivity index (χ1) is 13.6. The van der Waals surface area contributed by atoms with Crippen molar-refractivity contribution in [3.05, 3.63) is 18.2 Å². The van der Waals surface area contributed by atoms with Gasteiger partial charge in [0.1, 0.15) is 24.2 Å². The first-order valence-electron chi connectivity index (χ1n) is 8.72. The van der Waals surface area contributed by atoms with Crippen LogP contribution >= 0.6 is 0 Å². The Labute approximate surface area is 166 Å². The topological polar surface area (TPSA) is 220 Å². The standard InChI is InChI=1S/C16H26N6O7/c1-7(13(25)22-11(5-23)16(28)29)20-14(26)10(3-9-4-18-6-19-9)21-15(27)12(17)8(2)24/h4,6-8,10-12,23-24H,3,5,17H2,1-2H3,(H,18,19)(H,20,26)(H,21,27)(H,22,25)(H,28,29). The number of nitrogens with two attached hydrogens (primary N) is 1. The molecule has 29 heavy (non-hydrogen) atoms. The number of aliphatic hydroxyl groups is 2. The second-order valence-corrected chi connectivity index (χ2v) is 6.42. The predicted octanol–water partition coefficient (Wildman–Crippen LogP) is -3.79. The van der Waals surface area contributed by atoms with Gasteiger partial charge in [-0.25, -0.2) is 9.78 Å². The number of hydrogen-bond donors (Lipinski definition) is 8. The van der Waals surface area contributed by atoms with Crippen molar-refractivity contribution in [2.24, 2.45) is 5.73 Å². The fourth-order valence-corrected chi connectivity index (χ4v) is 2.17. The zero-order valence-electron chi connectivity index (χ0n) is 16.0. The SMILES string of the molecule is CC(NC(=O)C(Cc1cnc[nH]1)NC(=O)C(N)C(C)O)C(=O)NC(CO)C(=O)O. The van der Waals surface area contributed by atoms with E-state index >= 15 is 0 Å². The van der Waals surface area contributed by atoms with Crippen LogP contribution in [-0.4, -0.2) is 85.9 Å². The average molecular weight is 414 g/mol. The van der Waals surface area contributed by atoms with Crippen molar-refractivity contribution in [2.45, 2.75) is 50.5 Å². The highest BCUT2D eigenvalue weighted by atomic mass is 16.4. The van der Waals surface area contributed by atoms with Crippen LogP contribution in [0.1, 0.15) is 19.5 Å². The first-order valence-corrected chi connectivity index (χ1v) is 8.72. The highest BCUT2D eigenvalue weighted by Crippen LogP contribution is 2.01. The summed E-state index contributed by atoms with van der Waals surface area (Å²) in [4.78, 5) is 54.3. The van der Waals surface area contributed by atoms with E-state index in [1.807, 2.05) is 0 Å². The fraction of sp³-hybridized carbons (Fsp3) is 0.562. The third-order valence-corrected chi connectivity index (χ3v) is 3.98. The van der Waals surface area contributed by atoms with Crippen molar-refractivity contribution in [1.82, 2.24) is 25.9 Å². The maximum absolute atomic E-state index is 12.6. The molecule has 5 atom stereocenters. The van der Waals surface area contributed by atoms with Crippen molar-refractivity contribution in [1.29, 1.82) is 0 Å². The molecule has 0 aliphatic rings. The summed E-state index contributed by atoms with van der Waals surface area (Å²) in [5, 5.41) is 34.1. The molecule has 0 saturated heterocycles. The van der Waals surface area contributed by atoms with Crippen LogP contribution in [0.5, 0.6) is 0 Å². The Bertz CT molecular complexity index is 709. The Morgan fingerprint density at radius 1 is 1.10 bits per heavy atom. The van der Waals surface area contributed by atoms with Crippen LogP contribution in [0.25, 0.3) is 0 Å². The molecule has 0 aliphatic carbocycles. The van der Waals surface area contributed by atoms with Crippen molar-refractivity contribution < 1.29 is 34.5 Å². The lowest BCUT2D eigenvalue weighted by atomic mass is 10.1. The number of H-pyrrole nitrogens is 1. The van der Waals surface area contributed by atoms with Gasteiger partial charge in [-0.1, -0.05) is 0 Å². The molecule has 13 heteroatoms. The quantitative estimate of drug-likeness (QED) is 0.178. The Hall–Kier alpha value is -3.03. The van der Waals surface area contributed by atoms with E-state index in [2.05, 4.69) is 25.9 Å². The summed E-state index contributed by atoms with van der Waals surface area (Å²) >= 11 is 0. The van der Waals surface area contributed by atoms with Crippen molar-refractivity contribution in [3.8, 4) is 0 Å². The van der Waals surface area contributed by atoms with Gasteiger partial charge in [-0.15, -0.1) is 0 Å². The van der Waals surface area contributed by atoms with E-state index in [0.29, 0.717) is 5.69 Å². The second-order valence-electron chi connectivity index (χ2n) is 6.42. The first kappa shape index (κ1) is 24.0. The van der Waals surface area contributed by atoms with E-state index in [1.54, 1.807) is 0 Å². The van der Waals surface area contributed by atoms with Gasteiger partial charge in [0.05, 0.1) is 19.0 Å². The summed E-state index contributed by atoms with van der Waals surface area (Å²) in [5.74, 6) is -3.80. The molecule has 1 heterocycles. The van der Waals surface area contributed by atoms with Crippen LogP contribution in [0.3, 0.4) is 0 Å². The lowest BCUT2D eigenvalue weighted by molar-refractivity contribution is -0.143. The minimum atomic E-state index is -1.52. The number of nitrogens with zero attached hydrogens (tertiary/aromatic N) is 1. The summed E-state index contributed by atoms with van der Waals surface area (Å²) in [6.07, 6.45) is 1.66. The van der Waals surface area contributed by atoms with E-state index < -0.39 is 60.6 Å². The molecular weight excluding hydrogens is 388 g/mol. The number of imidazole rings is 1. The van der Waals surface area contributed by atoms with Crippen LogP contribution in [0.2, 0.25) is 0 Å².